The highest BCUT2D eigenvalue weighted by molar-refractivity contribution is 9.10. The van der Waals surface area contributed by atoms with Crippen LogP contribution in [0.5, 0.6) is 11.5 Å². The predicted octanol–water partition coefficient (Wildman–Crippen LogP) is 4.94. The van der Waals surface area contributed by atoms with Gasteiger partial charge in [0, 0.05) is 6.54 Å². The smallest absolute Gasteiger partial charge is 0.341 e. The molecule has 2 aromatic rings. The Morgan fingerprint density at radius 1 is 1.29 bits per heavy atom. The number of benzene rings is 2. The summed E-state index contributed by atoms with van der Waals surface area (Å²) in [6.45, 7) is 2.09. The van der Waals surface area contributed by atoms with E-state index in [1.807, 2.05) is 37.3 Å². The van der Waals surface area contributed by atoms with Crippen molar-refractivity contribution in [1.29, 1.82) is 0 Å². The van der Waals surface area contributed by atoms with Crippen LogP contribution in [-0.2, 0) is 9.59 Å². The summed E-state index contributed by atoms with van der Waals surface area (Å²) in [7, 11) is 1.47. The lowest BCUT2D eigenvalue weighted by molar-refractivity contribution is -0.139. The van der Waals surface area contributed by atoms with Crippen LogP contribution in [0.1, 0.15) is 18.9 Å². The molecule has 162 valence electrons. The molecule has 0 aromatic heterocycles. The number of carbonyl (C=O) groups excluding carboxylic acids is 1. The molecular weight excluding hydrogens is 484 g/mol. The molecule has 0 spiro atoms. The lowest BCUT2D eigenvalue weighted by Crippen LogP contribution is -2.29. The minimum Gasteiger partial charge on any atom is -0.493 e. The van der Waals surface area contributed by atoms with Gasteiger partial charge in [-0.25, -0.2) is 9.79 Å². The van der Waals surface area contributed by atoms with E-state index >= 15 is 0 Å². The second kappa shape index (κ2) is 10.5. The molecule has 7 nitrogen and oxygen atoms in total. The molecule has 2 aromatic carbocycles. The van der Waals surface area contributed by atoms with Gasteiger partial charge in [-0.05, 0) is 70.0 Å². The fourth-order valence-corrected chi connectivity index (χ4v) is 4.47. The van der Waals surface area contributed by atoms with Crippen molar-refractivity contribution in [3.05, 3.63) is 57.4 Å². The van der Waals surface area contributed by atoms with Gasteiger partial charge in [0.15, 0.2) is 23.3 Å². The highest BCUT2D eigenvalue weighted by Gasteiger charge is 2.32. The molecule has 31 heavy (non-hydrogen) atoms. The van der Waals surface area contributed by atoms with Crippen molar-refractivity contribution >= 4 is 56.5 Å². The molecule has 1 saturated heterocycles. The average Bonchev–Trinajstić information content (AvgIpc) is 3.02. The number of amidine groups is 1. The molecular formula is C22H21BrN2O5S. The third-order valence-electron chi connectivity index (χ3n) is 4.21. The monoisotopic (exact) mass is 504 g/mol. The van der Waals surface area contributed by atoms with Crippen LogP contribution in [0.15, 0.2) is 56.8 Å². The van der Waals surface area contributed by atoms with Crippen molar-refractivity contribution in [3.8, 4) is 11.5 Å². The first-order chi connectivity index (χ1) is 14.9. The number of carbonyl (C=O) groups is 2. The van der Waals surface area contributed by atoms with E-state index in [-0.39, 0.29) is 11.7 Å². The molecule has 1 N–H and O–H groups in total. The van der Waals surface area contributed by atoms with E-state index in [0.29, 0.717) is 32.4 Å². The number of thioether (sulfide) groups is 1. The maximum absolute atomic E-state index is 13.0. The van der Waals surface area contributed by atoms with E-state index in [1.165, 1.54) is 18.9 Å². The number of aliphatic carboxylic acids is 1. The van der Waals surface area contributed by atoms with E-state index in [0.717, 1.165) is 12.1 Å². The molecule has 1 aliphatic rings. The Labute approximate surface area is 192 Å². The maximum Gasteiger partial charge on any atom is 0.341 e. The Morgan fingerprint density at radius 2 is 2.03 bits per heavy atom. The first kappa shape index (κ1) is 22.9. The Bertz CT molecular complexity index is 1040. The fraction of sp³-hybridized carbons (Fsp3) is 0.227. The van der Waals surface area contributed by atoms with E-state index in [1.54, 1.807) is 23.1 Å². The van der Waals surface area contributed by atoms with Crippen molar-refractivity contribution < 1.29 is 24.2 Å². The van der Waals surface area contributed by atoms with Crippen molar-refractivity contribution in [2.24, 2.45) is 4.99 Å². The summed E-state index contributed by atoms with van der Waals surface area (Å²) >= 11 is 4.71. The number of aliphatic imine (C=N–C) groups is 1. The zero-order valence-corrected chi connectivity index (χ0v) is 19.4. The van der Waals surface area contributed by atoms with Crippen LogP contribution in [0.4, 0.5) is 5.69 Å². The molecule has 1 amide bonds. The first-order valence-corrected chi connectivity index (χ1v) is 11.1. The normalized spacial score (nSPS) is 16.2. The number of amides is 1. The zero-order valence-electron chi connectivity index (χ0n) is 17.0. The lowest BCUT2D eigenvalue weighted by atomic mass is 10.2. The van der Waals surface area contributed by atoms with Gasteiger partial charge in [0.25, 0.3) is 5.91 Å². The van der Waals surface area contributed by atoms with E-state index in [9.17, 15) is 9.59 Å². The number of methoxy groups -OCH3 is 1. The van der Waals surface area contributed by atoms with E-state index < -0.39 is 12.6 Å². The standard InChI is InChI=1S/C22H21BrN2O5S/c1-3-9-25-21(28)18(31-22(25)24-15-7-5-4-6-8-15)12-14-10-16(23)20(17(11-14)29-2)30-13-19(26)27/h4-8,10-12H,3,9,13H2,1-2H3,(H,26,27)/b18-12+,24-22?. The Hall–Kier alpha value is -2.78. The largest absolute Gasteiger partial charge is 0.493 e. The van der Waals surface area contributed by atoms with Gasteiger partial charge in [-0.2, -0.15) is 0 Å². The number of ether oxygens (including phenoxy) is 2. The molecule has 0 aliphatic carbocycles. The molecule has 1 fully saturated rings. The summed E-state index contributed by atoms with van der Waals surface area (Å²) < 4.78 is 11.2. The molecule has 0 unspecified atom stereocenters. The van der Waals surface area contributed by atoms with E-state index in [2.05, 4.69) is 20.9 Å². The third-order valence-corrected chi connectivity index (χ3v) is 5.80. The summed E-state index contributed by atoms with van der Waals surface area (Å²) in [6, 6.07) is 12.9. The summed E-state index contributed by atoms with van der Waals surface area (Å²) in [5.41, 5.74) is 1.49. The Balaban J connectivity index is 1.93. The maximum atomic E-state index is 13.0. The van der Waals surface area contributed by atoms with Gasteiger partial charge in [0.1, 0.15) is 0 Å². The van der Waals surface area contributed by atoms with Crippen LogP contribution in [0.25, 0.3) is 6.08 Å². The van der Waals surface area contributed by atoms with Crippen molar-refractivity contribution in [2.45, 2.75) is 13.3 Å². The number of hydrogen-bond acceptors (Lipinski definition) is 6. The lowest BCUT2D eigenvalue weighted by Gasteiger charge is -2.14. The van der Waals surface area contributed by atoms with Crippen LogP contribution in [0.3, 0.4) is 0 Å². The number of halogens is 1. The van der Waals surface area contributed by atoms with E-state index in [4.69, 9.17) is 14.6 Å². The molecule has 9 heteroatoms. The predicted molar refractivity (Wildman–Crippen MR) is 125 cm³/mol. The third kappa shape index (κ3) is 5.68. The zero-order chi connectivity index (χ0) is 22.4. The molecule has 0 saturated carbocycles. The number of carboxylic acid groups (broad SMARTS) is 1. The van der Waals surface area contributed by atoms with Gasteiger partial charge in [0.05, 0.1) is 22.2 Å². The van der Waals surface area contributed by atoms with Crippen LogP contribution >= 0.6 is 27.7 Å². The van der Waals surface area contributed by atoms with Gasteiger partial charge < -0.3 is 14.6 Å². The number of para-hydroxylation sites is 1. The van der Waals surface area contributed by atoms with Gasteiger partial charge in [0.2, 0.25) is 0 Å². The van der Waals surface area contributed by atoms with Crippen molar-refractivity contribution in [1.82, 2.24) is 4.90 Å². The summed E-state index contributed by atoms with van der Waals surface area (Å²) in [4.78, 5) is 30.7. The second-order valence-corrected chi connectivity index (χ2v) is 8.38. The molecule has 3 rings (SSSR count). The number of carboxylic acids is 1. The topological polar surface area (TPSA) is 88.4 Å². The van der Waals surface area contributed by atoms with Crippen LogP contribution in [0.2, 0.25) is 0 Å². The van der Waals surface area contributed by atoms with Crippen LogP contribution in [0, 0.1) is 0 Å². The number of hydrogen-bond donors (Lipinski definition) is 1. The van der Waals surface area contributed by atoms with Gasteiger partial charge in [-0.1, -0.05) is 25.1 Å². The fourth-order valence-electron chi connectivity index (χ4n) is 2.87. The van der Waals surface area contributed by atoms with Crippen molar-refractivity contribution in [2.75, 3.05) is 20.3 Å². The van der Waals surface area contributed by atoms with Gasteiger partial charge >= 0.3 is 5.97 Å². The highest BCUT2D eigenvalue weighted by atomic mass is 79.9. The minimum absolute atomic E-state index is 0.108. The number of rotatable bonds is 8. The average molecular weight is 505 g/mol. The highest BCUT2D eigenvalue weighted by Crippen LogP contribution is 2.39. The molecule has 0 atom stereocenters. The van der Waals surface area contributed by atoms with Gasteiger partial charge in [-0.3, -0.25) is 9.69 Å². The Morgan fingerprint density at radius 3 is 2.68 bits per heavy atom. The number of nitrogens with zero attached hydrogens (tertiary/aromatic N) is 2. The summed E-state index contributed by atoms with van der Waals surface area (Å²) in [5, 5.41) is 9.49. The van der Waals surface area contributed by atoms with Gasteiger partial charge in [-0.15, -0.1) is 0 Å². The molecule has 0 radical (unpaired) electrons. The minimum atomic E-state index is -1.09. The first-order valence-electron chi connectivity index (χ1n) is 9.50. The molecule has 1 heterocycles. The Kier molecular flexibility index (Phi) is 7.75. The molecule has 1 aliphatic heterocycles. The van der Waals surface area contributed by atoms with Crippen molar-refractivity contribution in [3.63, 3.8) is 0 Å². The SMILES string of the molecule is CCCN1C(=O)/C(=C\c2cc(Br)c(OCC(=O)O)c(OC)c2)SC1=Nc1ccccc1. The van der Waals surface area contributed by atoms with Crippen LogP contribution in [-0.4, -0.2) is 47.3 Å². The molecule has 0 bridgehead atoms. The summed E-state index contributed by atoms with van der Waals surface area (Å²) in [6.07, 6.45) is 2.57. The second-order valence-electron chi connectivity index (χ2n) is 6.51. The summed E-state index contributed by atoms with van der Waals surface area (Å²) in [5.74, 6) is -0.546. The quantitative estimate of drug-likeness (QED) is 0.512. The van der Waals surface area contributed by atoms with Crippen LogP contribution < -0.4 is 9.47 Å².